The summed E-state index contributed by atoms with van der Waals surface area (Å²) in [5.41, 5.74) is 0. The van der Waals surface area contributed by atoms with Gasteiger partial charge in [0.1, 0.15) is 6.61 Å². The Morgan fingerprint density at radius 3 is 1.41 bits per heavy atom. The molecular formula is C48H88NO7+. The molecule has 2 atom stereocenters. The van der Waals surface area contributed by atoms with Crippen LogP contribution in [0.25, 0.3) is 0 Å². The number of allylic oxidation sites excluding steroid dienone is 6. The van der Waals surface area contributed by atoms with E-state index >= 15 is 0 Å². The fraction of sp³-hybridized carbons (Fsp3) is 0.812. The topological polar surface area (TPSA) is 99.1 Å². The minimum Gasteiger partial charge on any atom is -0.477 e. The molecule has 0 spiro atoms. The molecule has 0 aliphatic heterocycles. The number of aliphatic carboxylic acids is 1. The lowest BCUT2D eigenvalue weighted by Crippen LogP contribution is -2.50. The Labute approximate surface area is 344 Å². The third-order valence-corrected chi connectivity index (χ3v) is 10.3. The van der Waals surface area contributed by atoms with Gasteiger partial charge >= 0.3 is 17.9 Å². The van der Waals surface area contributed by atoms with Crippen LogP contribution in [0.2, 0.25) is 0 Å². The maximum absolute atomic E-state index is 12.7. The highest BCUT2D eigenvalue weighted by molar-refractivity contribution is 5.72. The van der Waals surface area contributed by atoms with Gasteiger partial charge in [-0.3, -0.25) is 9.59 Å². The third-order valence-electron chi connectivity index (χ3n) is 10.3. The van der Waals surface area contributed by atoms with Crippen molar-refractivity contribution in [3.63, 3.8) is 0 Å². The van der Waals surface area contributed by atoms with E-state index in [1.807, 2.05) is 21.1 Å². The molecule has 0 rings (SSSR count). The number of esters is 2. The highest BCUT2D eigenvalue weighted by Crippen LogP contribution is 2.14. The van der Waals surface area contributed by atoms with E-state index in [2.05, 4.69) is 50.3 Å². The molecule has 56 heavy (non-hydrogen) atoms. The van der Waals surface area contributed by atoms with E-state index in [1.165, 1.54) is 103 Å². The number of carbonyl (C=O) groups excluding carboxylic acids is 2. The van der Waals surface area contributed by atoms with Crippen LogP contribution in [-0.2, 0) is 28.6 Å². The second kappa shape index (κ2) is 39.4. The molecule has 0 fully saturated rings. The van der Waals surface area contributed by atoms with Crippen LogP contribution >= 0.6 is 0 Å². The Morgan fingerprint density at radius 2 is 0.946 bits per heavy atom. The Hall–Kier alpha value is -2.45. The Balaban J connectivity index is 4.38. The first-order valence-electron chi connectivity index (χ1n) is 23.0. The smallest absolute Gasteiger partial charge is 0.362 e. The van der Waals surface area contributed by atoms with Crippen molar-refractivity contribution < 1.29 is 38.2 Å². The monoisotopic (exact) mass is 791 g/mol. The second-order valence-electron chi connectivity index (χ2n) is 16.7. The summed E-state index contributed by atoms with van der Waals surface area (Å²) in [6, 6.07) is -0.619. The summed E-state index contributed by atoms with van der Waals surface area (Å²) in [7, 11) is 5.52. The fourth-order valence-electron chi connectivity index (χ4n) is 6.66. The van der Waals surface area contributed by atoms with E-state index in [-0.39, 0.29) is 36.2 Å². The van der Waals surface area contributed by atoms with Crippen LogP contribution in [0.1, 0.15) is 200 Å². The van der Waals surface area contributed by atoms with Crippen molar-refractivity contribution in [2.24, 2.45) is 0 Å². The van der Waals surface area contributed by atoms with Gasteiger partial charge < -0.3 is 23.8 Å². The Bertz CT molecular complexity index is 1020. The molecule has 0 radical (unpaired) electrons. The summed E-state index contributed by atoms with van der Waals surface area (Å²) in [5.74, 6) is -1.51. The maximum atomic E-state index is 12.7. The predicted molar refractivity (Wildman–Crippen MR) is 234 cm³/mol. The molecule has 0 saturated heterocycles. The number of quaternary nitrogens is 1. The molecule has 0 aromatic rings. The second-order valence-corrected chi connectivity index (χ2v) is 16.7. The number of ether oxygens (including phenoxy) is 3. The van der Waals surface area contributed by atoms with Crippen LogP contribution in [0.15, 0.2) is 36.5 Å². The van der Waals surface area contributed by atoms with Crippen molar-refractivity contribution in [1.29, 1.82) is 0 Å². The summed E-state index contributed by atoms with van der Waals surface area (Å²) in [4.78, 5) is 37.0. The van der Waals surface area contributed by atoms with E-state index in [0.717, 1.165) is 64.2 Å². The van der Waals surface area contributed by atoms with Gasteiger partial charge in [-0.15, -0.1) is 0 Å². The van der Waals surface area contributed by atoms with Gasteiger partial charge in [-0.1, -0.05) is 153 Å². The number of hydrogen-bond acceptors (Lipinski definition) is 6. The number of hydrogen-bond donors (Lipinski definition) is 1. The minimum absolute atomic E-state index is 0.0504. The van der Waals surface area contributed by atoms with Crippen LogP contribution < -0.4 is 0 Å². The molecule has 2 unspecified atom stereocenters. The summed E-state index contributed by atoms with van der Waals surface area (Å²) in [5, 5.41) is 9.62. The lowest BCUT2D eigenvalue weighted by molar-refractivity contribution is -0.887. The number of unbranched alkanes of at least 4 members (excludes halogenated alkanes) is 22. The first-order valence-corrected chi connectivity index (χ1v) is 23.0. The van der Waals surface area contributed by atoms with Crippen molar-refractivity contribution in [1.82, 2.24) is 0 Å². The van der Waals surface area contributed by atoms with Crippen LogP contribution in [-0.4, -0.2) is 80.6 Å². The largest absolute Gasteiger partial charge is 0.477 e. The molecule has 0 aliphatic rings. The molecule has 8 nitrogen and oxygen atoms in total. The predicted octanol–water partition coefficient (Wildman–Crippen LogP) is 12.6. The van der Waals surface area contributed by atoms with Crippen LogP contribution in [0.4, 0.5) is 0 Å². The number of carboxylic acids is 1. The molecule has 0 aromatic carbocycles. The molecule has 1 N–H and O–H groups in total. The molecule has 0 aliphatic carbocycles. The average molecular weight is 791 g/mol. The van der Waals surface area contributed by atoms with E-state index in [9.17, 15) is 19.5 Å². The van der Waals surface area contributed by atoms with Crippen molar-refractivity contribution in [2.75, 3.05) is 41.0 Å². The van der Waals surface area contributed by atoms with Crippen molar-refractivity contribution in [3.05, 3.63) is 36.5 Å². The highest BCUT2D eigenvalue weighted by Gasteiger charge is 2.31. The molecular weight excluding hydrogens is 703 g/mol. The molecule has 0 bridgehead atoms. The fourth-order valence-corrected chi connectivity index (χ4v) is 6.66. The molecule has 0 saturated carbocycles. The number of nitrogens with zero attached hydrogens (tertiary/aromatic N) is 1. The van der Waals surface area contributed by atoms with Crippen molar-refractivity contribution in [2.45, 2.75) is 212 Å². The minimum atomic E-state index is -0.879. The molecule has 0 amide bonds. The maximum Gasteiger partial charge on any atom is 0.362 e. The lowest BCUT2D eigenvalue weighted by Gasteiger charge is -2.31. The van der Waals surface area contributed by atoms with Gasteiger partial charge in [0.05, 0.1) is 34.4 Å². The number of rotatable bonds is 41. The summed E-state index contributed by atoms with van der Waals surface area (Å²) in [6.07, 6.45) is 44.7. The number of carboxylic acid groups (broad SMARTS) is 1. The van der Waals surface area contributed by atoms with E-state index < -0.39 is 18.1 Å². The summed E-state index contributed by atoms with van der Waals surface area (Å²) < 4.78 is 17.3. The van der Waals surface area contributed by atoms with Crippen LogP contribution in [0, 0.1) is 0 Å². The normalized spacial score (nSPS) is 13.2. The third kappa shape index (κ3) is 37.1. The van der Waals surface area contributed by atoms with Gasteiger partial charge in [-0.05, 0) is 64.2 Å². The van der Waals surface area contributed by atoms with Crippen molar-refractivity contribution in [3.8, 4) is 0 Å². The Morgan fingerprint density at radius 1 is 0.536 bits per heavy atom. The van der Waals surface area contributed by atoms with Gasteiger partial charge in [-0.2, -0.15) is 0 Å². The number of likely N-dealkylation sites (N-methyl/N-ethyl adjacent to an activating group) is 1. The summed E-state index contributed by atoms with van der Waals surface area (Å²) in [6.45, 7) is 4.70. The van der Waals surface area contributed by atoms with Gasteiger partial charge in [0.2, 0.25) is 0 Å². The first kappa shape index (κ1) is 53.6. The zero-order valence-corrected chi connectivity index (χ0v) is 37.1. The van der Waals surface area contributed by atoms with E-state index in [4.69, 9.17) is 14.2 Å². The lowest BCUT2D eigenvalue weighted by atomic mass is 10.1. The van der Waals surface area contributed by atoms with E-state index in [0.29, 0.717) is 19.3 Å². The molecule has 0 heterocycles. The van der Waals surface area contributed by atoms with Crippen LogP contribution in [0.3, 0.4) is 0 Å². The SMILES string of the molecule is CCCCCCCCC/C=C/C=C/CCCCCC(=O)OCC(COCCC(C(=O)O)[N+](C)(C)C)OC(=O)CCCCCCC/C=C/CCCCCCCCC. The average Bonchev–Trinajstić information content (AvgIpc) is 3.15. The van der Waals surface area contributed by atoms with E-state index in [1.54, 1.807) is 0 Å². The Kier molecular flexibility index (Phi) is 37.7. The zero-order valence-electron chi connectivity index (χ0n) is 37.1. The van der Waals surface area contributed by atoms with Gasteiger partial charge in [0, 0.05) is 19.3 Å². The quantitative estimate of drug-likeness (QED) is 0.0216. The van der Waals surface area contributed by atoms with Gasteiger partial charge in [0.25, 0.3) is 0 Å². The number of carbonyl (C=O) groups is 3. The molecule has 326 valence electrons. The summed E-state index contributed by atoms with van der Waals surface area (Å²) >= 11 is 0. The van der Waals surface area contributed by atoms with Crippen molar-refractivity contribution >= 4 is 17.9 Å². The molecule has 0 aromatic heterocycles. The van der Waals surface area contributed by atoms with Gasteiger partial charge in [-0.25, -0.2) is 4.79 Å². The zero-order chi connectivity index (χ0) is 41.4. The standard InChI is InChI=1S/C48H87NO7/c1-6-8-10-12-14-16-18-20-22-24-26-28-30-32-34-36-38-46(50)55-43-44(42-54-41-40-45(48(52)53)49(3,4)5)56-47(51)39-37-35-33-31-29-27-25-23-21-19-17-15-13-11-9-7-2/h22-26,28,44-45H,6-21,27,29-43H2,1-5H3/p+1/b24-22+,25-23+,28-26+. The van der Waals surface area contributed by atoms with Crippen LogP contribution in [0.5, 0.6) is 0 Å². The van der Waals surface area contributed by atoms with Gasteiger partial charge in [0.15, 0.2) is 12.1 Å². The first-order chi connectivity index (χ1) is 27.1. The molecule has 8 heteroatoms. The highest BCUT2D eigenvalue weighted by atomic mass is 16.6.